The largest absolute Gasteiger partial charge is 0.326 e. The molecule has 0 spiro atoms. The van der Waals surface area contributed by atoms with Gasteiger partial charge >= 0.3 is 0 Å². The van der Waals surface area contributed by atoms with Crippen LogP contribution in [0.5, 0.6) is 0 Å². The van der Waals surface area contributed by atoms with Gasteiger partial charge in [0.15, 0.2) is 0 Å². The maximum atomic E-state index is 11.6. The molecule has 0 saturated heterocycles. The molecule has 0 atom stereocenters. The topological polar surface area (TPSA) is 29.1 Å². The van der Waals surface area contributed by atoms with Crippen molar-refractivity contribution in [2.24, 2.45) is 5.92 Å². The molecule has 1 N–H and O–H groups in total. The second-order valence-corrected chi connectivity index (χ2v) is 4.71. The maximum absolute atomic E-state index is 11.6. The van der Waals surface area contributed by atoms with E-state index in [9.17, 15) is 4.79 Å². The van der Waals surface area contributed by atoms with Gasteiger partial charge in [-0.2, -0.15) is 0 Å². The van der Waals surface area contributed by atoms with Crippen LogP contribution in [0.2, 0.25) is 0 Å². The van der Waals surface area contributed by atoms with E-state index in [4.69, 9.17) is 0 Å². The molecule has 3 rings (SSSR count). The predicted molar refractivity (Wildman–Crippen MR) is 73.2 cm³/mol. The quantitative estimate of drug-likeness (QED) is 0.866. The Kier molecular flexibility index (Phi) is 2.85. The van der Waals surface area contributed by atoms with Crippen LogP contribution in [0.3, 0.4) is 0 Å². The molecule has 2 nitrogen and oxygen atoms in total. The monoisotopic (exact) mass is 237 g/mol. The smallest absolute Gasteiger partial charge is 0.227 e. The van der Waals surface area contributed by atoms with Crippen molar-refractivity contribution in [1.29, 1.82) is 0 Å². The molecule has 1 aliphatic rings. The zero-order valence-corrected chi connectivity index (χ0v) is 10.1. The van der Waals surface area contributed by atoms with Crippen LogP contribution in [0.4, 0.5) is 5.69 Å². The molecular formula is C16H15NO. The molecule has 0 aliphatic heterocycles. The van der Waals surface area contributed by atoms with Gasteiger partial charge < -0.3 is 5.32 Å². The van der Waals surface area contributed by atoms with Gasteiger partial charge in [-0.05, 0) is 36.1 Å². The van der Waals surface area contributed by atoms with Gasteiger partial charge in [0, 0.05) is 11.6 Å². The van der Waals surface area contributed by atoms with Crippen LogP contribution in [0.1, 0.15) is 12.8 Å². The Hall–Kier alpha value is -2.09. The maximum Gasteiger partial charge on any atom is 0.227 e. The van der Waals surface area contributed by atoms with Crippen molar-refractivity contribution in [3.8, 4) is 11.1 Å². The van der Waals surface area contributed by atoms with E-state index in [1.807, 2.05) is 42.5 Å². The van der Waals surface area contributed by atoms with Gasteiger partial charge in [-0.3, -0.25) is 4.79 Å². The molecular weight excluding hydrogens is 222 g/mol. The van der Waals surface area contributed by atoms with E-state index in [1.54, 1.807) is 0 Å². The second kappa shape index (κ2) is 4.65. The molecule has 1 amide bonds. The summed E-state index contributed by atoms with van der Waals surface area (Å²) in [5.74, 6) is 0.404. The van der Waals surface area contributed by atoms with Gasteiger partial charge in [0.2, 0.25) is 5.91 Å². The first-order valence-electron chi connectivity index (χ1n) is 6.29. The number of hydrogen-bond donors (Lipinski definition) is 1. The number of rotatable bonds is 3. The molecule has 0 unspecified atom stereocenters. The zero-order valence-electron chi connectivity index (χ0n) is 10.1. The van der Waals surface area contributed by atoms with Crippen molar-refractivity contribution in [2.75, 3.05) is 5.32 Å². The van der Waals surface area contributed by atoms with Crippen LogP contribution < -0.4 is 5.32 Å². The lowest BCUT2D eigenvalue weighted by atomic mass is 10.1. The van der Waals surface area contributed by atoms with Crippen molar-refractivity contribution in [3.05, 3.63) is 54.6 Å². The number of carbonyl (C=O) groups excluding carboxylic acids is 1. The highest BCUT2D eigenvalue weighted by molar-refractivity contribution is 5.94. The van der Waals surface area contributed by atoms with Crippen LogP contribution >= 0.6 is 0 Å². The third kappa shape index (κ3) is 2.43. The molecule has 0 bridgehead atoms. The Morgan fingerprint density at radius 1 is 0.889 bits per heavy atom. The van der Waals surface area contributed by atoms with E-state index in [0.717, 1.165) is 18.5 Å². The minimum absolute atomic E-state index is 0.155. The van der Waals surface area contributed by atoms with Gasteiger partial charge in [0.1, 0.15) is 0 Å². The fourth-order valence-corrected chi connectivity index (χ4v) is 1.97. The van der Waals surface area contributed by atoms with Crippen LogP contribution in [-0.2, 0) is 4.79 Å². The summed E-state index contributed by atoms with van der Waals surface area (Å²) in [6, 6.07) is 18.2. The summed E-state index contributed by atoms with van der Waals surface area (Å²) in [5.41, 5.74) is 3.24. The highest BCUT2D eigenvalue weighted by atomic mass is 16.2. The van der Waals surface area contributed by atoms with Crippen molar-refractivity contribution in [3.63, 3.8) is 0 Å². The Morgan fingerprint density at radius 3 is 2.11 bits per heavy atom. The lowest BCUT2D eigenvalue weighted by Crippen LogP contribution is -2.12. The second-order valence-electron chi connectivity index (χ2n) is 4.71. The van der Waals surface area contributed by atoms with Crippen molar-refractivity contribution in [2.45, 2.75) is 12.8 Å². The van der Waals surface area contributed by atoms with Gasteiger partial charge in [0.05, 0.1) is 0 Å². The van der Waals surface area contributed by atoms with Crippen LogP contribution in [0.25, 0.3) is 11.1 Å². The summed E-state index contributed by atoms with van der Waals surface area (Å²) in [6.45, 7) is 0. The van der Waals surface area contributed by atoms with Crippen LogP contribution in [0.15, 0.2) is 54.6 Å². The average Bonchev–Trinajstić information content (AvgIpc) is 3.25. The van der Waals surface area contributed by atoms with Gasteiger partial charge in [-0.15, -0.1) is 0 Å². The van der Waals surface area contributed by atoms with E-state index in [1.165, 1.54) is 11.1 Å². The summed E-state index contributed by atoms with van der Waals surface area (Å²) >= 11 is 0. The number of nitrogens with one attached hydrogen (secondary N) is 1. The lowest BCUT2D eigenvalue weighted by Gasteiger charge is -2.06. The fourth-order valence-electron chi connectivity index (χ4n) is 1.97. The molecule has 0 aromatic heterocycles. The normalized spacial score (nSPS) is 14.2. The summed E-state index contributed by atoms with van der Waals surface area (Å²) in [4.78, 5) is 11.6. The average molecular weight is 237 g/mol. The molecule has 18 heavy (non-hydrogen) atoms. The molecule has 0 heterocycles. The first-order chi connectivity index (χ1) is 8.83. The SMILES string of the molecule is O=C(Nc1ccc(-c2ccccc2)cc1)C1CC1. The van der Waals surface area contributed by atoms with Crippen molar-refractivity contribution in [1.82, 2.24) is 0 Å². The molecule has 1 aliphatic carbocycles. The fraction of sp³-hybridized carbons (Fsp3) is 0.188. The number of anilines is 1. The first-order valence-corrected chi connectivity index (χ1v) is 6.29. The number of amides is 1. The third-order valence-corrected chi connectivity index (χ3v) is 3.21. The van der Waals surface area contributed by atoms with Crippen molar-refractivity contribution >= 4 is 11.6 Å². The van der Waals surface area contributed by atoms with Crippen molar-refractivity contribution < 1.29 is 4.79 Å². The Labute approximate surface area is 107 Å². The first kappa shape index (κ1) is 11.0. The summed E-state index contributed by atoms with van der Waals surface area (Å²) in [6.07, 6.45) is 2.07. The van der Waals surface area contributed by atoms with E-state index >= 15 is 0 Å². The Morgan fingerprint density at radius 2 is 1.50 bits per heavy atom. The van der Waals surface area contributed by atoms with Gasteiger partial charge in [-0.25, -0.2) is 0 Å². The molecule has 0 radical (unpaired) electrons. The molecule has 90 valence electrons. The number of benzene rings is 2. The molecule has 2 aromatic carbocycles. The zero-order chi connectivity index (χ0) is 12.4. The minimum Gasteiger partial charge on any atom is -0.326 e. The number of hydrogen-bond acceptors (Lipinski definition) is 1. The highest BCUT2D eigenvalue weighted by Crippen LogP contribution is 2.30. The van der Waals surface area contributed by atoms with Gasteiger partial charge in [-0.1, -0.05) is 42.5 Å². The predicted octanol–water partition coefficient (Wildman–Crippen LogP) is 3.70. The molecule has 2 heteroatoms. The van der Waals surface area contributed by atoms with Crippen LogP contribution in [-0.4, -0.2) is 5.91 Å². The Bertz CT molecular complexity index is 541. The number of carbonyl (C=O) groups is 1. The highest BCUT2D eigenvalue weighted by Gasteiger charge is 2.29. The molecule has 2 aromatic rings. The standard InChI is InChI=1S/C16H15NO/c18-16(14-6-7-14)17-15-10-8-13(9-11-15)12-4-2-1-3-5-12/h1-5,8-11,14H,6-7H2,(H,17,18). The summed E-state index contributed by atoms with van der Waals surface area (Å²) in [5, 5.41) is 2.94. The van der Waals surface area contributed by atoms with E-state index < -0.39 is 0 Å². The summed E-state index contributed by atoms with van der Waals surface area (Å²) < 4.78 is 0. The Balaban J connectivity index is 1.74. The van der Waals surface area contributed by atoms with E-state index in [0.29, 0.717) is 0 Å². The molecule has 1 fully saturated rings. The lowest BCUT2D eigenvalue weighted by molar-refractivity contribution is -0.117. The minimum atomic E-state index is 0.155. The molecule has 1 saturated carbocycles. The summed E-state index contributed by atoms with van der Waals surface area (Å²) in [7, 11) is 0. The van der Waals surface area contributed by atoms with E-state index in [-0.39, 0.29) is 11.8 Å². The van der Waals surface area contributed by atoms with E-state index in [2.05, 4.69) is 17.4 Å². The van der Waals surface area contributed by atoms with Crippen LogP contribution in [0, 0.1) is 5.92 Å². The van der Waals surface area contributed by atoms with Gasteiger partial charge in [0.25, 0.3) is 0 Å². The third-order valence-electron chi connectivity index (χ3n) is 3.21.